The molecular weight excluding hydrogens is 225 g/mol. The summed E-state index contributed by atoms with van der Waals surface area (Å²) >= 11 is 0. The summed E-state index contributed by atoms with van der Waals surface area (Å²) in [7, 11) is 0. The molecule has 1 aliphatic carbocycles. The van der Waals surface area contributed by atoms with E-state index < -0.39 is 0 Å². The first-order valence-electron chi connectivity index (χ1n) is 6.32. The molecule has 0 saturated carbocycles. The summed E-state index contributed by atoms with van der Waals surface area (Å²) in [6, 6.07) is 14.5. The lowest BCUT2D eigenvalue weighted by Crippen LogP contribution is -2.11. The first-order chi connectivity index (χ1) is 8.79. The molecule has 0 aromatic heterocycles. The second kappa shape index (κ2) is 4.54. The molecule has 0 bridgehead atoms. The molecule has 92 valence electrons. The van der Waals surface area contributed by atoms with Gasteiger partial charge in [0.05, 0.1) is 6.67 Å². The summed E-state index contributed by atoms with van der Waals surface area (Å²) in [5, 5.41) is 0. The summed E-state index contributed by atoms with van der Waals surface area (Å²) in [5.41, 5.74) is 12.3. The number of hydrogen-bond donors (Lipinski definition) is 1. The van der Waals surface area contributed by atoms with Gasteiger partial charge in [-0.2, -0.15) is 0 Å². The SMILES string of the molecule is N[C@H](CCF)c1ccc2c(c1)Cc1ccccc1-2. The van der Waals surface area contributed by atoms with Crippen LogP contribution in [0.1, 0.15) is 29.2 Å². The lowest BCUT2D eigenvalue weighted by Gasteiger charge is -2.11. The number of alkyl halides is 1. The maximum Gasteiger partial charge on any atom is 0.0912 e. The summed E-state index contributed by atoms with van der Waals surface area (Å²) in [5.74, 6) is 0. The second-order valence-electron chi connectivity index (χ2n) is 4.83. The highest BCUT2D eigenvalue weighted by molar-refractivity contribution is 5.76. The van der Waals surface area contributed by atoms with Gasteiger partial charge in [0.15, 0.2) is 0 Å². The number of hydrogen-bond acceptors (Lipinski definition) is 1. The van der Waals surface area contributed by atoms with Crippen LogP contribution in [0.25, 0.3) is 11.1 Å². The van der Waals surface area contributed by atoms with E-state index in [0.29, 0.717) is 6.42 Å². The average Bonchev–Trinajstić information content (AvgIpc) is 2.76. The van der Waals surface area contributed by atoms with E-state index in [2.05, 4.69) is 36.4 Å². The van der Waals surface area contributed by atoms with Crippen LogP contribution in [0.2, 0.25) is 0 Å². The lowest BCUT2D eigenvalue weighted by atomic mass is 9.99. The van der Waals surface area contributed by atoms with Gasteiger partial charge >= 0.3 is 0 Å². The molecule has 18 heavy (non-hydrogen) atoms. The molecule has 0 radical (unpaired) electrons. The molecule has 2 aromatic carbocycles. The predicted molar refractivity (Wildman–Crippen MR) is 72.2 cm³/mol. The van der Waals surface area contributed by atoms with Crippen LogP contribution in [0.4, 0.5) is 4.39 Å². The molecule has 0 unspecified atom stereocenters. The van der Waals surface area contributed by atoms with Crippen molar-refractivity contribution >= 4 is 0 Å². The van der Waals surface area contributed by atoms with Crippen LogP contribution < -0.4 is 5.73 Å². The largest absolute Gasteiger partial charge is 0.324 e. The molecular formula is C16H16FN. The van der Waals surface area contributed by atoms with Gasteiger partial charge in [-0.25, -0.2) is 0 Å². The van der Waals surface area contributed by atoms with Crippen molar-refractivity contribution in [1.82, 2.24) is 0 Å². The van der Waals surface area contributed by atoms with Gasteiger partial charge in [0.25, 0.3) is 0 Å². The van der Waals surface area contributed by atoms with Gasteiger partial charge in [-0.15, -0.1) is 0 Å². The molecule has 2 heteroatoms. The standard InChI is InChI=1S/C16H16FN/c17-8-7-16(18)12-5-6-15-13(10-12)9-11-3-1-2-4-14(11)15/h1-6,10,16H,7-9,18H2/t16-/m1/s1. The van der Waals surface area contributed by atoms with Crippen LogP contribution in [0.5, 0.6) is 0 Å². The zero-order valence-electron chi connectivity index (χ0n) is 10.2. The third kappa shape index (κ3) is 1.83. The Morgan fingerprint density at radius 3 is 2.67 bits per heavy atom. The van der Waals surface area contributed by atoms with E-state index in [0.717, 1.165) is 12.0 Å². The Balaban J connectivity index is 1.98. The number of fused-ring (bicyclic) bond motifs is 3. The Labute approximate surface area is 106 Å². The lowest BCUT2D eigenvalue weighted by molar-refractivity contribution is 0.442. The van der Waals surface area contributed by atoms with Gasteiger partial charge in [-0.3, -0.25) is 4.39 Å². The second-order valence-corrected chi connectivity index (χ2v) is 4.83. The highest BCUT2D eigenvalue weighted by Crippen LogP contribution is 2.37. The van der Waals surface area contributed by atoms with Gasteiger partial charge < -0.3 is 5.73 Å². The van der Waals surface area contributed by atoms with Crippen LogP contribution in [0.15, 0.2) is 42.5 Å². The zero-order valence-corrected chi connectivity index (χ0v) is 10.2. The van der Waals surface area contributed by atoms with Crippen molar-refractivity contribution in [3.63, 3.8) is 0 Å². The highest BCUT2D eigenvalue weighted by atomic mass is 19.1. The quantitative estimate of drug-likeness (QED) is 0.744. The van der Waals surface area contributed by atoms with Crippen molar-refractivity contribution in [3.05, 3.63) is 59.2 Å². The molecule has 0 aliphatic heterocycles. The fourth-order valence-corrected chi connectivity index (χ4v) is 2.68. The molecule has 2 aromatic rings. The van der Waals surface area contributed by atoms with E-state index in [1.54, 1.807) is 0 Å². The Bertz CT molecular complexity index is 577. The molecule has 0 spiro atoms. The third-order valence-electron chi connectivity index (χ3n) is 3.67. The van der Waals surface area contributed by atoms with Crippen LogP contribution in [0.3, 0.4) is 0 Å². The normalized spacial score (nSPS) is 14.1. The Morgan fingerprint density at radius 1 is 1.06 bits per heavy atom. The number of benzene rings is 2. The van der Waals surface area contributed by atoms with Crippen molar-refractivity contribution in [2.24, 2.45) is 5.73 Å². The molecule has 2 N–H and O–H groups in total. The van der Waals surface area contributed by atoms with Gasteiger partial charge in [0.1, 0.15) is 0 Å². The average molecular weight is 241 g/mol. The minimum atomic E-state index is -0.363. The molecule has 1 aliphatic rings. The predicted octanol–water partition coefficient (Wildman–Crippen LogP) is 3.62. The van der Waals surface area contributed by atoms with Crippen LogP contribution in [0, 0.1) is 0 Å². The van der Waals surface area contributed by atoms with Crippen LogP contribution in [-0.2, 0) is 6.42 Å². The maximum atomic E-state index is 12.3. The van der Waals surface area contributed by atoms with E-state index >= 15 is 0 Å². The summed E-state index contributed by atoms with van der Waals surface area (Å²) in [6.45, 7) is -0.363. The molecule has 3 rings (SSSR count). The van der Waals surface area contributed by atoms with Crippen LogP contribution >= 0.6 is 0 Å². The van der Waals surface area contributed by atoms with Crippen molar-refractivity contribution in [1.29, 1.82) is 0 Å². The molecule has 0 fully saturated rings. The van der Waals surface area contributed by atoms with Crippen molar-refractivity contribution in [3.8, 4) is 11.1 Å². The number of rotatable bonds is 3. The molecule has 0 heterocycles. The minimum Gasteiger partial charge on any atom is -0.324 e. The summed E-state index contributed by atoms with van der Waals surface area (Å²) in [6.07, 6.45) is 1.35. The molecule has 0 saturated heterocycles. The number of halogens is 1. The van der Waals surface area contributed by atoms with Crippen molar-refractivity contribution < 1.29 is 4.39 Å². The van der Waals surface area contributed by atoms with E-state index in [-0.39, 0.29) is 12.7 Å². The Kier molecular flexibility index (Phi) is 2.88. The van der Waals surface area contributed by atoms with E-state index in [1.165, 1.54) is 22.3 Å². The first kappa shape index (κ1) is 11.4. The maximum absolute atomic E-state index is 12.3. The van der Waals surface area contributed by atoms with Gasteiger partial charge in [0.2, 0.25) is 0 Å². The van der Waals surface area contributed by atoms with Crippen LogP contribution in [-0.4, -0.2) is 6.67 Å². The third-order valence-corrected chi connectivity index (χ3v) is 3.67. The first-order valence-corrected chi connectivity index (χ1v) is 6.32. The number of nitrogens with two attached hydrogens (primary N) is 1. The summed E-state index contributed by atoms with van der Waals surface area (Å²) < 4.78 is 12.3. The van der Waals surface area contributed by atoms with Crippen molar-refractivity contribution in [2.45, 2.75) is 18.9 Å². The van der Waals surface area contributed by atoms with Gasteiger partial charge in [-0.1, -0.05) is 42.5 Å². The fourth-order valence-electron chi connectivity index (χ4n) is 2.68. The topological polar surface area (TPSA) is 26.0 Å². The fraction of sp³-hybridized carbons (Fsp3) is 0.250. The Morgan fingerprint density at radius 2 is 1.83 bits per heavy atom. The molecule has 0 amide bonds. The minimum absolute atomic E-state index is 0.191. The van der Waals surface area contributed by atoms with E-state index in [4.69, 9.17) is 5.73 Å². The van der Waals surface area contributed by atoms with Crippen molar-refractivity contribution in [2.75, 3.05) is 6.67 Å². The highest BCUT2D eigenvalue weighted by Gasteiger charge is 2.18. The van der Waals surface area contributed by atoms with Gasteiger partial charge in [-0.05, 0) is 40.7 Å². The smallest absolute Gasteiger partial charge is 0.0912 e. The Hall–Kier alpha value is -1.67. The zero-order chi connectivity index (χ0) is 12.5. The molecule has 1 nitrogen and oxygen atoms in total. The monoisotopic (exact) mass is 241 g/mol. The van der Waals surface area contributed by atoms with Gasteiger partial charge in [0, 0.05) is 6.04 Å². The van der Waals surface area contributed by atoms with E-state index in [9.17, 15) is 4.39 Å². The molecule has 1 atom stereocenters. The van der Waals surface area contributed by atoms with E-state index in [1.807, 2.05) is 6.07 Å². The summed E-state index contributed by atoms with van der Waals surface area (Å²) in [4.78, 5) is 0.